The number of hydrogen-bond donors (Lipinski definition) is 0. The summed E-state index contributed by atoms with van der Waals surface area (Å²) in [5, 5.41) is 0.218. The van der Waals surface area contributed by atoms with Gasteiger partial charge in [0.1, 0.15) is 10.8 Å². The highest BCUT2D eigenvalue weighted by Gasteiger charge is 2.20. The van der Waals surface area contributed by atoms with Crippen LogP contribution in [0.2, 0.25) is 5.15 Å². The van der Waals surface area contributed by atoms with Gasteiger partial charge in [-0.2, -0.15) is 0 Å². The van der Waals surface area contributed by atoms with Crippen LogP contribution in [-0.4, -0.2) is 16.6 Å². The molecular formula is C9H4ClNO2. The molecule has 3 nitrogen and oxygen atoms in total. The molecule has 0 amide bonds. The van der Waals surface area contributed by atoms with E-state index in [1.807, 2.05) is 0 Å². The van der Waals surface area contributed by atoms with Crippen molar-refractivity contribution in [1.82, 2.24) is 4.98 Å². The summed E-state index contributed by atoms with van der Waals surface area (Å²) in [6.45, 7) is 0. The number of carbonyl (C=O) groups excluding carboxylic acids is 2. The van der Waals surface area contributed by atoms with Crippen LogP contribution in [0.5, 0.6) is 0 Å². The Labute approximate surface area is 79.0 Å². The topological polar surface area (TPSA) is 47.0 Å². The lowest BCUT2D eigenvalue weighted by atomic mass is 10.0. The van der Waals surface area contributed by atoms with E-state index < -0.39 is 0 Å². The standard InChI is InChI=1S/C9H4ClNO2/c10-8-4-1-5-6(12)2-3-7(13)9(5)11-8/h1-4H. The van der Waals surface area contributed by atoms with Crippen LogP contribution >= 0.6 is 11.6 Å². The van der Waals surface area contributed by atoms with Crippen molar-refractivity contribution < 1.29 is 9.59 Å². The van der Waals surface area contributed by atoms with E-state index in [9.17, 15) is 9.59 Å². The molecule has 0 radical (unpaired) electrons. The van der Waals surface area contributed by atoms with Crippen molar-refractivity contribution in [1.29, 1.82) is 0 Å². The maximum atomic E-state index is 11.2. The van der Waals surface area contributed by atoms with Crippen LogP contribution in [0.15, 0.2) is 24.3 Å². The Hall–Kier alpha value is -1.48. The summed E-state index contributed by atoms with van der Waals surface area (Å²) in [5.41, 5.74) is 0.455. The average molecular weight is 194 g/mol. The van der Waals surface area contributed by atoms with E-state index in [-0.39, 0.29) is 22.4 Å². The summed E-state index contributed by atoms with van der Waals surface area (Å²) < 4.78 is 0. The second-order valence-electron chi connectivity index (χ2n) is 2.59. The molecule has 1 aromatic heterocycles. The fraction of sp³-hybridized carbons (Fsp3) is 0. The van der Waals surface area contributed by atoms with Gasteiger partial charge in [-0.05, 0) is 24.3 Å². The zero-order valence-electron chi connectivity index (χ0n) is 6.45. The molecule has 64 valence electrons. The van der Waals surface area contributed by atoms with E-state index in [0.29, 0.717) is 5.56 Å². The molecule has 0 aliphatic heterocycles. The number of aromatic nitrogens is 1. The molecule has 0 saturated carbocycles. The van der Waals surface area contributed by atoms with Crippen molar-refractivity contribution in [3.8, 4) is 0 Å². The number of ketones is 2. The number of pyridine rings is 1. The molecule has 1 aliphatic carbocycles. The van der Waals surface area contributed by atoms with Crippen molar-refractivity contribution in [3.05, 3.63) is 40.7 Å². The van der Waals surface area contributed by atoms with E-state index in [0.717, 1.165) is 0 Å². The third-order valence-electron chi connectivity index (χ3n) is 1.75. The summed E-state index contributed by atoms with van der Waals surface area (Å²) in [5.74, 6) is -0.490. The van der Waals surface area contributed by atoms with Gasteiger partial charge in [-0.15, -0.1) is 0 Å². The van der Waals surface area contributed by atoms with Gasteiger partial charge in [-0.25, -0.2) is 4.98 Å². The SMILES string of the molecule is O=C1C=CC(=O)c2nc(Cl)ccc21. The molecule has 0 aromatic carbocycles. The molecule has 0 atom stereocenters. The van der Waals surface area contributed by atoms with Gasteiger partial charge in [0, 0.05) is 0 Å². The Morgan fingerprint density at radius 1 is 1.08 bits per heavy atom. The first-order chi connectivity index (χ1) is 6.18. The number of fused-ring (bicyclic) bond motifs is 1. The Kier molecular flexibility index (Phi) is 1.74. The molecule has 4 heteroatoms. The van der Waals surface area contributed by atoms with Crippen molar-refractivity contribution in [3.63, 3.8) is 0 Å². The number of carbonyl (C=O) groups is 2. The quantitative estimate of drug-likeness (QED) is 0.589. The Morgan fingerprint density at radius 2 is 1.77 bits per heavy atom. The summed E-state index contributed by atoms with van der Waals surface area (Å²) in [6, 6.07) is 3.00. The smallest absolute Gasteiger partial charge is 0.205 e. The molecule has 0 fully saturated rings. The predicted octanol–water partition coefficient (Wildman–Crippen LogP) is 1.67. The van der Waals surface area contributed by atoms with Crippen molar-refractivity contribution in [2.75, 3.05) is 0 Å². The largest absolute Gasteiger partial charge is 0.289 e. The van der Waals surface area contributed by atoms with Crippen LogP contribution in [0, 0.1) is 0 Å². The molecule has 0 saturated heterocycles. The van der Waals surface area contributed by atoms with Gasteiger partial charge in [0.25, 0.3) is 0 Å². The Morgan fingerprint density at radius 3 is 2.54 bits per heavy atom. The number of hydrogen-bond acceptors (Lipinski definition) is 3. The summed E-state index contributed by atoms with van der Waals surface area (Å²) in [4.78, 5) is 26.2. The Bertz CT molecular complexity index is 437. The van der Waals surface area contributed by atoms with E-state index in [2.05, 4.69) is 4.98 Å². The minimum absolute atomic E-state index is 0.139. The van der Waals surface area contributed by atoms with E-state index >= 15 is 0 Å². The van der Waals surface area contributed by atoms with Gasteiger partial charge in [-0.3, -0.25) is 9.59 Å². The third-order valence-corrected chi connectivity index (χ3v) is 1.96. The molecule has 13 heavy (non-hydrogen) atoms. The van der Waals surface area contributed by atoms with E-state index in [1.165, 1.54) is 24.3 Å². The molecule has 0 unspecified atom stereocenters. The van der Waals surface area contributed by atoms with Crippen LogP contribution in [0.3, 0.4) is 0 Å². The van der Waals surface area contributed by atoms with E-state index in [1.54, 1.807) is 0 Å². The number of halogens is 1. The first-order valence-corrected chi connectivity index (χ1v) is 3.99. The van der Waals surface area contributed by atoms with Crippen molar-refractivity contribution >= 4 is 23.2 Å². The highest BCUT2D eigenvalue weighted by molar-refractivity contribution is 6.30. The molecule has 0 spiro atoms. The number of rotatable bonds is 0. The van der Waals surface area contributed by atoms with Crippen LogP contribution in [0.4, 0.5) is 0 Å². The molecular weight excluding hydrogens is 190 g/mol. The molecule has 2 rings (SSSR count). The first-order valence-electron chi connectivity index (χ1n) is 3.62. The molecule has 1 aliphatic rings. The minimum Gasteiger partial charge on any atom is -0.289 e. The monoisotopic (exact) mass is 193 g/mol. The number of nitrogens with zero attached hydrogens (tertiary/aromatic N) is 1. The zero-order chi connectivity index (χ0) is 9.42. The maximum absolute atomic E-state index is 11.2. The lowest BCUT2D eigenvalue weighted by Gasteiger charge is -2.06. The van der Waals surface area contributed by atoms with Crippen LogP contribution in [0.25, 0.3) is 0 Å². The normalized spacial score (nSPS) is 14.5. The zero-order valence-corrected chi connectivity index (χ0v) is 7.21. The van der Waals surface area contributed by atoms with Gasteiger partial charge in [-0.1, -0.05) is 11.6 Å². The number of allylic oxidation sites excluding steroid dienone is 2. The van der Waals surface area contributed by atoms with Crippen molar-refractivity contribution in [2.45, 2.75) is 0 Å². The van der Waals surface area contributed by atoms with Crippen LogP contribution in [-0.2, 0) is 0 Å². The Balaban J connectivity index is 2.69. The van der Waals surface area contributed by atoms with Crippen LogP contribution < -0.4 is 0 Å². The van der Waals surface area contributed by atoms with Gasteiger partial charge in [0.15, 0.2) is 5.78 Å². The summed E-state index contributed by atoms with van der Waals surface area (Å²) in [7, 11) is 0. The second kappa shape index (κ2) is 2.78. The molecule has 1 aromatic rings. The second-order valence-corrected chi connectivity index (χ2v) is 2.98. The maximum Gasteiger partial charge on any atom is 0.205 e. The highest BCUT2D eigenvalue weighted by atomic mass is 35.5. The fourth-order valence-corrected chi connectivity index (χ4v) is 1.29. The molecule has 0 bridgehead atoms. The molecule has 0 N–H and O–H groups in total. The molecule has 1 heterocycles. The summed E-state index contributed by atoms with van der Waals surface area (Å²) >= 11 is 5.59. The lowest BCUT2D eigenvalue weighted by molar-refractivity contribution is 0.0990. The van der Waals surface area contributed by atoms with Crippen molar-refractivity contribution in [2.24, 2.45) is 0 Å². The van der Waals surface area contributed by atoms with Gasteiger partial charge < -0.3 is 0 Å². The summed E-state index contributed by atoms with van der Waals surface area (Å²) in [6.07, 6.45) is 2.44. The van der Waals surface area contributed by atoms with Gasteiger partial charge >= 0.3 is 0 Å². The van der Waals surface area contributed by atoms with Gasteiger partial charge in [0.05, 0.1) is 5.56 Å². The average Bonchev–Trinajstić information content (AvgIpc) is 2.12. The first kappa shape index (κ1) is 8.13. The van der Waals surface area contributed by atoms with Crippen LogP contribution in [0.1, 0.15) is 20.8 Å². The van der Waals surface area contributed by atoms with Gasteiger partial charge in [0.2, 0.25) is 5.78 Å². The third kappa shape index (κ3) is 1.27. The fourth-order valence-electron chi connectivity index (χ4n) is 1.14. The van der Waals surface area contributed by atoms with E-state index in [4.69, 9.17) is 11.6 Å². The highest BCUT2D eigenvalue weighted by Crippen LogP contribution is 2.17. The minimum atomic E-state index is -0.280. The predicted molar refractivity (Wildman–Crippen MR) is 47.0 cm³/mol. The lowest BCUT2D eigenvalue weighted by Crippen LogP contribution is -2.13.